The standard InChI is InChI=1S/C9H8F2N2O5/c1-18-5-3-12-7(9(10)11)4(2-6(14)15)8(5)13(16)17/h3,9H,2H2,1H3,(H,14,15). The number of nitro groups is 1. The van der Waals surface area contributed by atoms with Gasteiger partial charge < -0.3 is 9.84 Å². The monoisotopic (exact) mass is 262 g/mol. The Morgan fingerprint density at radius 2 is 2.28 bits per heavy atom. The van der Waals surface area contributed by atoms with E-state index in [0.29, 0.717) is 0 Å². The van der Waals surface area contributed by atoms with Gasteiger partial charge in [-0.15, -0.1) is 0 Å². The Morgan fingerprint density at radius 3 is 2.67 bits per heavy atom. The molecule has 1 rings (SSSR count). The highest BCUT2D eigenvalue weighted by molar-refractivity contribution is 5.73. The maximum Gasteiger partial charge on any atom is 0.318 e. The van der Waals surface area contributed by atoms with E-state index in [0.717, 1.165) is 13.3 Å². The van der Waals surface area contributed by atoms with Gasteiger partial charge in [-0.05, 0) is 0 Å². The number of carboxylic acid groups (broad SMARTS) is 1. The van der Waals surface area contributed by atoms with Crippen molar-refractivity contribution < 1.29 is 28.3 Å². The molecule has 0 unspecified atom stereocenters. The number of methoxy groups -OCH3 is 1. The zero-order valence-corrected chi connectivity index (χ0v) is 9.09. The van der Waals surface area contributed by atoms with Gasteiger partial charge in [0, 0.05) is 0 Å². The molecule has 0 aliphatic heterocycles. The number of pyridine rings is 1. The summed E-state index contributed by atoms with van der Waals surface area (Å²) in [6.07, 6.45) is -3.27. The maximum atomic E-state index is 12.6. The average molecular weight is 262 g/mol. The fourth-order valence-electron chi connectivity index (χ4n) is 1.40. The second kappa shape index (κ2) is 5.34. The van der Waals surface area contributed by atoms with Gasteiger partial charge in [0.25, 0.3) is 6.43 Å². The Balaban J connectivity index is 3.53. The van der Waals surface area contributed by atoms with E-state index in [1.165, 1.54) is 0 Å². The van der Waals surface area contributed by atoms with Crippen LogP contribution in [0.15, 0.2) is 6.20 Å². The van der Waals surface area contributed by atoms with Crippen LogP contribution < -0.4 is 4.74 Å². The summed E-state index contributed by atoms with van der Waals surface area (Å²) < 4.78 is 29.9. The van der Waals surface area contributed by atoms with Gasteiger partial charge in [-0.2, -0.15) is 0 Å². The number of nitrogens with zero attached hydrogens (tertiary/aromatic N) is 2. The van der Waals surface area contributed by atoms with E-state index in [4.69, 9.17) is 5.11 Å². The summed E-state index contributed by atoms with van der Waals surface area (Å²) in [6, 6.07) is 0. The summed E-state index contributed by atoms with van der Waals surface area (Å²) in [6.45, 7) is 0. The predicted octanol–water partition coefficient (Wildman–Crippen LogP) is 1.56. The van der Waals surface area contributed by atoms with Crippen LogP contribution in [0.1, 0.15) is 17.7 Å². The topological polar surface area (TPSA) is 103 Å². The Hall–Kier alpha value is -2.32. The molecule has 0 fully saturated rings. The second-order valence-electron chi connectivity index (χ2n) is 3.17. The zero-order valence-electron chi connectivity index (χ0n) is 9.09. The highest BCUT2D eigenvalue weighted by Gasteiger charge is 2.30. The molecule has 0 saturated heterocycles. The number of ether oxygens (including phenoxy) is 1. The van der Waals surface area contributed by atoms with Crippen molar-refractivity contribution in [2.45, 2.75) is 12.8 Å². The molecule has 0 bridgehead atoms. The summed E-state index contributed by atoms with van der Waals surface area (Å²) in [5.41, 5.74) is -2.38. The van der Waals surface area contributed by atoms with Crippen LogP contribution in [0.3, 0.4) is 0 Å². The SMILES string of the molecule is COc1cnc(C(F)F)c(CC(=O)O)c1[N+](=O)[O-]. The minimum absolute atomic E-state index is 0.361. The van der Waals surface area contributed by atoms with Crippen molar-refractivity contribution in [3.8, 4) is 5.75 Å². The lowest BCUT2D eigenvalue weighted by atomic mass is 10.1. The lowest BCUT2D eigenvalue weighted by Crippen LogP contribution is -2.10. The molecule has 1 N–H and O–H groups in total. The van der Waals surface area contributed by atoms with Crippen molar-refractivity contribution in [3.05, 3.63) is 27.6 Å². The van der Waals surface area contributed by atoms with Crippen molar-refractivity contribution in [1.82, 2.24) is 4.98 Å². The second-order valence-corrected chi connectivity index (χ2v) is 3.17. The number of hydrogen-bond acceptors (Lipinski definition) is 5. The van der Waals surface area contributed by atoms with Crippen LogP contribution >= 0.6 is 0 Å². The van der Waals surface area contributed by atoms with Crippen molar-refractivity contribution in [2.75, 3.05) is 7.11 Å². The molecule has 0 amide bonds. The molecule has 1 aromatic rings. The molecule has 0 aromatic carbocycles. The van der Waals surface area contributed by atoms with Gasteiger partial charge >= 0.3 is 11.7 Å². The van der Waals surface area contributed by atoms with Crippen molar-refractivity contribution in [1.29, 1.82) is 0 Å². The number of carboxylic acids is 1. The van der Waals surface area contributed by atoms with E-state index in [1.54, 1.807) is 0 Å². The van der Waals surface area contributed by atoms with E-state index in [9.17, 15) is 23.7 Å². The molecule has 1 aromatic heterocycles. The lowest BCUT2D eigenvalue weighted by Gasteiger charge is -2.09. The molecular weight excluding hydrogens is 254 g/mol. The summed E-state index contributed by atoms with van der Waals surface area (Å²) >= 11 is 0. The number of rotatable bonds is 5. The van der Waals surface area contributed by atoms with E-state index < -0.39 is 40.7 Å². The van der Waals surface area contributed by atoms with Gasteiger partial charge in [0.15, 0.2) is 0 Å². The highest BCUT2D eigenvalue weighted by atomic mass is 19.3. The third-order valence-corrected chi connectivity index (χ3v) is 2.09. The van der Waals surface area contributed by atoms with Crippen LogP contribution in [-0.4, -0.2) is 28.1 Å². The quantitative estimate of drug-likeness (QED) is 0.638. The van der Waals surface area contributed by atoms with Gasteiger partial charge in [0.2, 0.25) is 5.75 Å². The third-order valence-electron chi connectivity index (χ3n) is 2.09. The third kappa shape index (κ3) is 2.67. The molecule has 18 heavy (non-hydrogen) atoms. The van der Waals surface area contributed by atoms with Gasteiger partial charge in [0.1, 0.15) is 5.69 Å². The molecule has 1 heterocycles. The molecule has 7 nitrogen and oxygen atoms in total. The first-order valence-corrected chi connectivity index (χ1v) is 4.58. The minimum Gasteiger partial charge on any atom is -0.489 e. The normalized spacial score (nSPS) is 10.4. The Labute approximate surface area is 99.2 Å². The minimum atomic E-state index is -3.11. The van der Waals surface area contributed by atoms with Crippen LogP contribution in [0.25, 0.3) is 0 Å². The summed E-state index contributed by atoms with van der Waals surface area (Å²) in [5, 5.41) is 19.4. The van der Waals surface area contributed by atoms with Crippen LogP contribution in [0.2, 0.25) is 0 Å². The largest absolute Gasteiger partial charge is 0.489 e. The molecule has 0 saturated carbocycles. The van der Waals surface area contributed by atoms with E-state index >= 15 is 0 Å². The molecule has 0 spiro atoms. The molecule has 9 heteroatoms. The van der Waals surface area contributed by atoms with Crippen LogP contribution in [0, 0.1) is 10.1 Å². The highest BCUT2D eigenvalue weighted by Crippen LogP contribution is 2.35. The number of aromatic nitrogens is 1. The number of aliphatic carboxylic acids is 1. The summed E-state index contributed by atoms with van der Waals surface area (Å²) in [4.78, 5) is 23.7. The number of halogens is 2. The number of alkyl halides is 2. The van der Waals surface area contributed by atoms with Gasteiger partial charge in [-0.25, -0.2) is 8.78 Å². The van der Waals surface area contributed by atoms with Gasteiger partial charge in [-0.1, -0.05) is 0 Å². The first-order chi connectivity index (χ1) is 8.38. The van der Waals surface area contributed by atoms with E-state index in [-0.39, 0.29) is 5.75 Å². The van der Waals surface area contributed by atoms with Crippen molar-refractivity contribution in [3.63, 3.8) is 0 Å². The van der Waals surface area contributed by atoms with E-state index in [2.05, 4.69) is 9.72 Å². The molecule has 0 aliphatic carbocycles. The number of hydrogen-bond donors (Lipinski definition) is 1. The van der Waals surface area contributed by atoms with Gasteiger partial charge in [-0.3, -0.25) is 19.9 Å². The predicted molar refractivity (Wildman–Crippen MR) is 53.7 cm³/mol. The molecule has 98 valence electrons. The van der Waals surface area contributed by atoms with Gasteiger partial charge in [0.05, 0.1) is 30.2 Å². The Bertz CT molecular complexity index is 492. The molecular formula is C9H8F2N2O5. The first-order valence-electron chi connectivity index (χ1n) is 4.58. The first kappa shape index (κ1) is 13.7. The summed E-state index contributed by atoms with van der Waals surface area (Å²) in [5.74, 6) is -1.84. The summed E-state index contributed by atoms with van der Waals surface area (Å²) in [7, 11) is 1.09. The average Bonchev–Trinajstić information content (AvgIpc) is 2.26. The molecule has 0 atom stereocenters. The zero-order chi connectivity index (χ0) is 13.9. The van der Waals surface area contributed by atoms with E-state index in [1.807, 2.05) is 0 Å². The van der Waals surface area contributed by atoms with Crippen LogP contribution in [0.5, 0.6) is 5.75 Å². The molecule has 0 aliphatic rings. The molecule has 0 radical (unpaired) electrons. The Morgan fingerprint density at radius 1 is 1.67 bits per heavy atom. The number of carbonyl (C=O) groups is 1. The van der Waals surface area contributed by atoms with Crippen LogP contribution in [0.4, 0.5) is 14.5 Å². The van der Waals surface area contributed by atoms with Crippen molar-refractivity contribution >= 4 is 11.7 Å². The maximum absolute atomic E-state index is 12.6. The smallest absolute Gasteiger partial charge is 0.318 e. The Kier molecular flexibility index (Phi) is 4.08. The fraction of sp³-hybridized carbons (Fsp3) is 0.333. The fourth-order valence-corrected chi connectivity index (χ4v) is 1.40. The lowest BCUT2D eigenvalue weighted by molar-refractivity contribution is -0.386. The van der Waals surface area contributed by atoms with Crippen LogP contribution in [-0.2, 0) is 11.2 Å². The van der Waals surface area contributed by atoms with Crippen molar-refractivity contribution in [2.24, 2.45) is 0 Å².